The lowest BCUT2D eigenvalue weighted by Gasteiger charge is -2.29. The summed E-state index contributed by atoms with van der Waals surface area (Å²) >= 11 is 1.42. The zero-order valence-electron chi connectivity index (χ0n) is 45.6. The maximum Gasteiger partial charge on any atom is 0.408 e. The van der Waals surface area contributed by atoms with Crippen molar-refractivity contribution in [2.75, 3.05) is 24.7 Å². The molecule has 0 aliphatic heterocycles. The second kappa shape index (κ2) is 40.1. The molecule has 2 amide bonds. The van der Waals surface area contributed by atoms with E-state index in [1.54, 1.807) is 41.5 Å². The van der Waals surface area contributed by atoms with Gasteiger partial charge in [-0.3, -0.25) is 14.4 Å². The highest BCUT2D eigenvalue weighted by Gasteiger charge is 2.32. The summed E-state index contributed by atoms with van der Waals surface area (Å²) in [5.74, 6) is -1.20. The fraction of sp³-hybridized carbons (Fsp3) is 0.909. The average Bonchev–Trinajstić information content (AvgIpc) is 3.23. The van der Waals surface area contributed by atoms with Crippen molar-refractivity contribution in [3.05, 3.63) is 0 Å². The summed E-state index contributed by atoms with van der Waals surface area (Å²) in [6.07, 6.45) is 31.0. The number of amides is 2. The first-order valence-electron chi connectivity index (χ1n) is 27.2. The molecule has 0 bridgehead atoms. The van der Waals surface area contributed by atoms with Crippen LogP contribution in [0.5, 0.6) is 0 Å². The third-order valence-electron chi connectivity index (χ3n) is 11.3. The quantitative estimate of drug-likeness (QED) is 0.0341. The standard InChI is InChI=1S/C55H104N2O10S/c1-12-14-16-18-20-22-24-26-28-30-32-34-36-38-48(58)63-42-45(65-49(59)39-37-35-33-31-29-27-25-23-21-19-17-15-13-2)44-68-41-40-46(57-52(62)67-55(9,10)11)50(60)56-47(43-64-53(3,4)5)51(61)66-54(6,7)8/h45-47H,12-44H2,1-11H3,(H,56,60)(H,57,62)/t45-,46+,47+/m1/s1. The van der Waals surface area contributed by atoms with E-state index < -0.39 is 53.0 Å². The molecule has 0 spiro atoms. The first-order valence-corrected chi connectivity index (χ1v) is 28.4. The molecule has 0 fully saturated rings. The Labute approximate surface area is 420 Å². The van der Waals surface area contributed by atoms with Crippen LogP contribution in [0.4, 0.5) is 4.79 Å². The number of hydrogen-bond acceptors (Lipinski definition) is 11. The molecule has 0 aromatic rings. The molecule has 3 atom stereocenters. The van der Waals surface area contributed by atoms with Crippen molar-refractivity contribution in [3.8, 4) is 0 Å². The van der Waals surface area contributed by atoms with E-state index >= 15 is 0 Å². The van der Waals surface area contributed by atoms with Crippen molar-refractivity contribution in [2.24, 2.45) is 0 Å². The average molecular weight is 986 g/mol. The van der Waals surface area contributed by atoms with Gasteiger partial charge in [0.15, 0.2) is 6.04 Å². The lowest BCUT2D eigenvalue weighted by molar-refractivity contribution is -0.162. The molecule has 0 unspecified atom stereocenters. The zero-order valence-corrected chi connectivity index (χ0v) is 46.4. The summed E-state index contributed by atoms with van der Waals surface area (Å²) in [5, 5.41) is 5.41. The van der Waals surface area contributed by atoms with Crippen LogP contribution in [0.3, 0.4) is 0 Å². The largest absolute Gasteiger partial charge is 0.462 e. The Kier molecular flexibility index (Phi) is 38.6. The molecule has 400 valence electrons. The van der Waals surface area contributed by atoms with E-state index in [-0.39, 0.29) is 31.6 Å². The monoisotopic (exact) mass is 985 g/mol. The molecule has 0 aromatic carbocycles. The van der Waals surface area contributed by atoms with Crippen LogP contribution < -0.4 is 10.6 Å². The van der Waals surface area contributed by atoms with Gasteiger partial charge in [-0.1, -0.05) is 168 Å². The van der Waals surface area contributed by atoms with Gasteiger partial charge >= 0.3 is 24.0 Å². The van der Waals surface area contributed by atoms with Crippen molar-refractivity contribution < 1.29 is 47.7 Å². The van der Waals surface area contributed by atoms with Crippen molar-refractivity contribution in [1.29, 1.82) is 0 Å². The Hall–Kier alpha value is -2.54. The normalized spacial score (nSPS) is 13.3. The van der Waals surface area contributed by atoms with E-state index in [1.165, 1.54) is 140 Å². The summed E-state index contributed by atoms with van der Waals surface area (Å²) in [5.41, 5.74) is -2.21. The first-order chi connectivity index (χ1) is 32.2. The van der Waals surface area contributed by atoms with Gasteiger partial charge in [0.1, 0.15) is 30.0 Å². The highest BCUT2D eigenvalue weighted by atomic mass is 32.2. The molecular formula is C55H104N2O10S. The Morgan fingerprint density at radius 2 is 0.882 bits per heavy atom. The number of alkyl carbamates (subject to hydrolysis) is 1. The van der Waals surface area contributed by atoms with Gasteiger partial charge in [0, 0.05) is 18.6 Å². The van der Waals surface area contributed by atoms with Crippen molar-refractivity contribution >= 4 is 41.7 Å². The smallest absolute Gasteiger partial charge is 0.408 e. The van der Waals surface area contributed by atoms with E-state index in [2.05, 4.69) is 24.5 Å². The molecule has 0 aromatic heterocycles. The van der Waals surface area contributed by atoms with E-state index in [1.807, 2.05) is 20.8 Å². The fourth-order valence-corrected chi connectivity index (χ4v) is 8.47. The van der Waals surface area contributed by atoms with Crippen LogP contribution in [0.15, 0.2) is 0 Å². The van der Waals surface area contributed by atoms with Crippen LogP contribution >= 0.6 is 11.8 Å². The maximum absolute atomic E-state index is 13.8. The zero-order chi connectivity index (χ0) is 51.1. The second-order valence-corrected chi connectivity index (χ2v) is 23.0. The molecule has 12 nitrogen and oxygen atoms in total. The van der Waals surface area contributed by atoms with E-state index in [9.17, 15) is 24.0 Å². The van der Waals surface area contributed by atoms with Crippen LogP contribution in [0.1, 0.15) is 262 Å². The minimum Gasteiger partial charge on any atom is -0.462 e. The molecule has 68 heavy (non-hydrogen) atoms. The number of ether oxygens (including phenoxy) is 5. The van der Waals surface area contributed by atoms with Crippen LogP contribution in [0.25, 0.3) is 0 Å². The summed E-state index contributed by atoms with van der Waals surface area (Å²) < 4.78 is 28.5. The Morgan fingerprint density at radius 1 is 0.471 bits per heavy atom. The molecule has 0 saturated heterocycles. The number of nitrogens with one attached hydrogen (secondary N) is 2. The summed E-state index contributed by atoms with van der Waals surface area (Å²) in [4.78, 5) is 65.9. The number of rotatable bonds is 42. The third kappa shape index (κ3) is 43.5. The molecule has 0 saturated carbocycles. The van der Waals surface area contributed by atoms with Gasteiger partial charge in [0.2, 0.25) is 5.91 Å². The lowest BCUT2D eigenvalue weighted by Crippen LogP contribution is -2.55. The predicted octanol–water partition coefficient (Wildman–Crippen LogP) is 14.1. The van der Waals surface area contributed by atoms with E-state index in [0.717, 1.165) is 38.5 Å². The minimum absolute atomic E-state index is 0.0555. The first kappa shape index (κ1) is 65.5. The summed E-state index contributed by atoms with van der Waals surface area (Å²) in [6, 6.07) is -2.21. The molecule has 2 N–H and O–H groups in total. The minimum atomic E-state index is -1.13. The van der Waals surface area contributed by atoms with Crippen LogP contribution in [-0.4, -0.2) is 89.6 Å². The topological polar surface area (TPSA) is 156 Å². The van der Waals surface area contributed by atoms with Crippen molar-refractivity contribution in [1.82, 2.24) is 10.6 Å². The lowest BCUT2D eigenvalue weighted by atomic mass is 10.0. The third-order valence-corrected chi connectivity index (χ3v) is 12.4. The Morgan fingerprint density at radius 3 is 1.29 bits per heavy atom. The van der Waals surface area contributed by atoms with E-state index in [0.29, 0.717) is 24.3 Å². The molecule has 0 rings (SSSR count). The SMILES string of the molecule is CCCCCCCCCCCCCCCC(=O)OC[C@H](CSCC[C@H](NC(=O)OC(C)(C)C)C(=O)N[C@@H](COC(C)(C)C)C(=O)OC(C)(C)C)OC(=O)CCCCCCCCCCCCCCC. The van der Waals surface area contributed by atoms with Gasteiger partial charge in [-0.2, -0.15) is 11.8 Å². The van der Waals surface area contributed by atoms with Gasteiger partial charge in [-0.15, -0.1) is 0 Å². The predicted molar refractivity (Wildman–Crippen MR) is 280 cm³/mol. The van der Waals surface area contributed by atoms with Crippen LogP contribution in [0.2, 0.25) is 0 Å². The second-order valence-electron chi connectivity index (χ2n) is 21.9. The summed E-state index contributed by atoms with van der Waals surface area (Å²) in [7, 11) is 0. The van der Waals surface area contributed by atoms with Gasteiger partial charge in [0.25, 0.3) is 0 Å². The van der Waals surface area contributed by atoms with Crippen molar-refractivity contribution in [3.63, 3.8) is 0 Å². The van der Waals surface area contributed by atoms with Gasteiger partial charge in [0.05, 0.1) is 12.2 Å². The number of carbonyl (C=O) groups excluding carboxylic acids is 5. The van der Waals surface area contributed by atoms with Gasteiger partial charge in [-0.25, -0.2) is 9.59 Å². The maximum atomic E-state index is 13.8. The fourth-order valence-electron chi connectivity index (χ4n) is 7.48. The summed E-state index contributed by atoms with van der Waals surface area (Å²) in [6.45, 7) is 20.2. The molecule has 13 heteroatoms. The number of carbonyl (C=O) groups is 5. The Bertz CT molecular complexity index is 1310. The Balaban J connectivity index is 5.41. The molecular weight excluding hydrogens is 881 g/mol. The molecule has 0 radical (unpaired) electrons. The number of hydrogen-bond donors (Lipinski definition) is 2. The number of unbranched alkanes of at least 4 members (excludes halogenated alkanes) is 24. The van der Waals surface area contributed by atoms with Crippen LogP contribution in [-0.2, 0) is 42.9 Å². The van der Waals surface area contributed by atoms with Crippen molar-refractivity contribution in [2.45, 2.75) is 297 Å². The van der Waals surface area contributed by atoms with Gasteiger partial charge < -0.3 is 34.3 Å². The van der Waals surface area contributed by atoms with E-state index in [4.69, 9.17) is 23.7 Å². The number of esters is 3. The van der Waals surface area contributed by atoms with Crippen LogP contribution in [0, 0.1) is 0 Å². The number of thioether (sulfide) groups is 1. The van der Waals surface area contributed by atoms with Gasteiger partial charge in [-0.05, 0) is 87.3 Å². The highest BCUT2D eigenvalue weighted by molar-refractivity contribution is 7.99. The highest BCUT2D eigenvalue weighted by Crippen LogP contribution is 2.18. The molecule has 0 aliphatic rings. The molecule has 0 aliphatic carbocycles. The molecule has 0 heterocycles.